The molecule has 20 heavy (non-hydrogen) atoms. The first kappa shape index (κ1) is 14.1. The zero-order chi connectivity index (χ0) is 14.5. The standard InChI is InChI=1S/C17H20N2O/c1-12-8-9-15(13(2)10-12)19-16(17(18)20)11-14-6-4-3-5-7-14/h3-10,16,19H,11H2,1-2H3,(H2,18,20)/t16-/m0/s1. The van der Waals surface area contributed by atoms with E-state index in [1.165, 1.54) is 5.56 Å². The van der Waals surface area contributed by atoms with Crippen molar-refractivity contribution in [1.29, 1.82) is 0 Å². The summed E-state index contributed by atoms with van der Waals surface area (Å²) < 4.78 is 0. The van der Waals surface area contributed by atoms with Crippen LogP contribution in [0.5, 0.6) is 0 Å². The highest BCUT2D eigenvalue weighted by atomic mass is 16.1. The Labute approximate surface area is 119 Å². The maximum absolute atomic E-state index is 11.6. The molecule has 3 nitrogen and oxygen atoms in total. The van der Waals surface area contributed by atoms with Gasteiger partial charge in [-0.25, -0.2) is 0 Å². The molecule has 0 bridgehead atoms. The van der Waals surface area contributed by atoms with Gasteiger partial charge in [-0.15, -0.1) is 0 Å². The van der Waals surface area contributed by atoms with Crippen LogP contribution in [0.2, 0.25) is 0 Å². The smallest absolute Gasteiger partial charge is 0.240 e. The fraction of sp³-hybridized carbons (Fsp3) is 0.235. The molecular weight excluding hydrogens is 248 g/mol. The van der Waals surface area contributed by atoms with Gasteiger partial charge in [0.15, 0.2) is 0 Å². The Balaban J connectivity index is 2.15. The second-order valence-corrected chi connectivity index (χ2v) is 5.11. The lowest BCUT2D eigenvalue weighted by atomic mass is 10.0. The highest BCUT2D eigenvalue weighted by Gasteiger charge is 2.16. The van der Waals surface area contributed by atoms with Gasteiger partial charge in [0.25, 0.3) is 0 Å². The normalized spacial score (nSPS) is 11.9. The third-order valence-corrected chi connectivity index (χ3v) is 3.34. The molecule has 1 atom stereocenters. The van der Waals surface area contributed by atoms with Crippen LogP contribution in [0, 0.1) is 13.8 Å². The van der Waals surface area contributed by atoms with Crippen LogP contribution in [0.1, 0.15) is 16.7 Å². The average Bonchev–Trinajstić information content (AvgIpc) is 2.42. The summed E-state index contributed by atoms with van der Waals surface area (Å²) in [6.07, 6.45) is 0.587. The van der Waals surface area contributed by atoms with Crippen molar-refractivity contribution in [3.8, 4) is 0 Å². The topological polar surface area (TPSA) is 55.1 Å². The third kappa shape index (κ3) is 3.60. The molecule has 0 saturated heterocycles. The molecule has 2 aromatic rings. The number of nitrogens with one attached hydrogen (secondary N) is 1. The number of amides is 1. The number of nitrogens with two attached hydrogens (primary N) is 1. The number of hydrogen-bond donors (Lipinski definition) is 2. The van der Waals surface area contributed by atoms with Crippen LogP contribution in [0.4, 0.5) is 5.69 Å². The molecule has 0 radical (unpaired) electrons. The van der Waals surface area contributed by atoms with Gasteiger partial charge in [0, 0.05) is 12.1 Å². The number of anilines is 1. The summed E-state index contributed by atoms with van der Waals surface area (Å²) in [7, 11) is 0. The molecular formula is C17H20N2O. The van der Waals surface area contributed by atoms with E-state index in [-0.39, 0.29) is 5.91 Å². The van der Waals surface area contributed by atoms with E-state index in [1.807, 2.05) is 56.3 Å². The highest BCUT2D eigenvalue weighted by molar-refractivity contribution is 5.83. The average molecular weight is 268 g/mol. The summed E-state index contributed by atoms with van der Waals surface area (Å²) in [5.74, 6) is -0.339. The van der Waals surface area contributed by atoms with Gasteiger partial charge in [-0.2, -0.15) is 0 Å². The maximum atomic E-state index is 11.6. The number of carbonyl (C=O) groups excluding carboxylic acids is 1. The second kappa shape index (κ2) is 6.24. The molecule has 0 aromatic heterocycles. The monoisotopic (exact) mass is 268 g/mol. The van der Waals surface area contributed by atoms with Crippen molar-refractivity contribution in [2.75, 3.05) is 5.32 Å². The van der Waals surface area contributed by atoms with Crippen molar-refractivity contribution < 1.29 is 4.79 Å². The van der Waals surface area contributed by atoms with Crippen LogP contribution in [0.25, 0.3) is 0 Å². The molecule has 0 aliphatic heterocycles. The van der Waals surface area contributed by atoms with Gasteiger partial charge in [0.2, 0.25) is 5.91 Å². The quantitative estimate of drug-likeness (QED) is 0.876. The van der Waals surface area contributed by atoms with E-state index in [9.17, 15) is 4.79 Å². The van der Waals surface area contributed by atoms with E-state index in [0.29, 0.717) is 6.42 Å². The van der Waals surface area contributed by atoms with Gasteiger partial charge >= 0.3 is 0 Å². The maximum Gasteiger partial charge on any atom is 0.240 e. The molecule has 1 amide bonds. The molecule has 3 N–H and O–H groups in total. The van der Waals surface area contributed by atoms with E-state index < -0.39 is 6.04 Å². The molecule has 0 aliphatic carbocycles. The summed E-state index contributed by atoms with van der Waals surface area (Å²) >= 11 is 0. The minimum Gasteiger partial charge on any atom is -0.373 e. The summed E-state index contributed by atoms with van der Waals surface area (Å²) in [5.41, 5.74) is 9.87. The SMILES string of the molecule is Cc1ccc(N[C@@H](Cc2ccccc2)C(N)=O)c(C)c1. The van der Waals surface area contributed by atoms with Crippen LogP contribution in [-0.4, -0.2) is 11.9 Å². The van der Waals surface area contributed by atoms with Gasteiger partial charge in [-0.3, -0.25) is 4.79 Å². The molecule has 0 unspecified atom stereocenters. The van der Waals surface area contributed by atoms with E-state index in [0.717, 1.165) is 16.8 Å². The number of aryl methyl sites for hydroxylation is 2. The van der Waals surface area contributed by atoms with Crippen LogP contribution in [0.15, 0.2) is 48.5 Å². The van der Waals surface area contributed by atoms with Crippen LogP contribution < -0.4 is 11.1 Å². The molecule has 104 valence electrons. The third-order valence-electron chi connectivity index (χ3n) is 3.34. The second-order valence-electron chi connectivity index (χ2n) is 5.11. The van der Waals surface area contributed by atoms with Crippen LogP contribution in [0.3, 0.4) is 0 Å². The Morgan fingerprint density at radius 2 is 1.85 bits per heavy atom. The molecule has 0 spiro atoms. The van der Waals surface area contributed by atoms with Gasteiger partial charge in [0.05, 0.1) is 0 Å². The lowest BCUT2D eigenvalue weighted by molar-refractivity contribution is -0.118. The highest BCUT2D eigenvalue weighted by Crippen LogP contribution is 2.18. The molecule has 2 rings (SSSR count). The van der Waals surface area contributed by atoms with Gasteiger partial charge in [-0.1, -0.05) is 48.0 Å². The van der Waals surface area contributed by atoms with Gasteiger partial charge < -0.3 is 11.1 Å². The van der Waals surface area contributed by atoms with Crippen molar-refractivity contribution in [3.63, 3.8) is 0 Å². The minimum absolute atomic E-state index is 0.339. The Kier molecular flexibility index (Phi) is 4.41. The minimum atomic E-state index is -0.404. The Morgan fingerprint density at radius 3 is 2.45 bits per heavy atom. The van der Waals surface area contributed by atoms with E-state index in [2.05, 4.69) is 11.4 Å². The molecule has 0 fully saturated rings. The predicted molar refractivity (Wildman–Crippen MR) is 82.7 cm³/mol. The van der Waals surface area contributed by atoms with Gasteiger partial charge in [-0.05, 0) is 31.0 Å². The van der Waals surface area contributed by atoms with Crippen molar-refractivity contribution in [3.05, 3.63) is 65.2 Å². The summed E-state index contributed by atoms with van der Waals surface area (Å²) in [6.45, 7) is 4.07. The fourth-order valence-corrected chi connectivity index (χ4v) is 2.24. The summed E-state index contributed by atoms with van der Waals surface area (Å²) in [6, 6.07) is 15.6. The summed E-state index contributed by atoms with van der Waals surface area (Å²) in [5, 5.41) is 3.25. The first-order chi connectivity index (χ1) is 9.56. The zero-order valence-electron chi connectivity index (χ0n) is 11.9. The Morgan fingerprint density at radius 1 is 1.15 bits per heavy atom. The van der Waals surface area contributed by atoms with Crippen molar-refractivity contribution in [2.45, 2.75) is 26.3 Å². The van der Waals surface area contributed by atoms with Gasteiger partial charge in [0.1, 0.15) is 6.04 Å². The van der Waals surface area contributed by atoms with E-state index >= 15 is 0 Å². The molecule has 3 heteroatoms. The first-order valence-corrected chi connectivity index (χ1v) is 6.73. The van der Waals surface area contributed by atoms with Crippen LogP contribution in [-0.2, 0) is 11.2 Å². The van der Waals surface area contributed by atoms with E-state index in [1.54, 1.807) is 0 Å². The van der Waals surface area contributed by atoms with E-state index in [4.69, 9.17) is 5.73 Å². The Bertz CT molecular complexity index is 593. The molecule has 0 heterocycles. The van der Waals surface area contributed by atoms with Crippen molar-refractivity contribution in [2.24, 2.45) is 5.73 Å². The Hall–Kier alpha value is -2.29. The summed E-state index contributed by atoms with van der Waals surface area (Å²) in [4.78, 5) is 11.6. The largest absolute Gasteiger partial charge is 0.373 e. The number of rotatable bonds is 5. The first-order valence-electron chi connectivity index (χ1n) is 6.73. The predicted octanol–water partition coefficient (Wildman–Crippen LogP) is 2.81. The zero-order valence-corrected chi connectivity index (χ0v) is 11.9. The molecule has 0 saturated carbocycles. The number of hydrogen-bond acceptors (Lipinski definition) is 2. The van der Waals surface area contributed by atoms with Crippen molar-refractivity contribution >= 4 is 11.6 Å². The van der Waals surface area contributed by atoms with Crippen LogP contribution >= 0.6 is 0 Å². The number of primary amides is 1. The lowest BCUT2D eigenvalue weighted by Crippen LogP contribution is -2.37. The van der Waals surface area contributed by atoms with Crippen molar-refractivity contribution in [1.82, 2.24) is 0 Å². The number of carbonyl (C=O) groups is 1. The fourth-order valence-electron chi connectivity index (χ4n) is 2.24. The lowest BCUT2D eigenvalue weighted by Gasteiger charge is -2.18. The number of benzene rings is 2. The molecule has 2 aromatic carbocycles. The molecule has 0 aliphatic rings.